The highest BCUT2D eigenvalue weighted by Crippen LogP contribution is 2.35. The number of aromatic nitrogens is 1. The molecule has 40 heavy (non-hydrogen) atoms. The monoisotopic (exact) mass is 606 g/mol. The normalized spacial score (nSPS) is 18.0. The van der Waals surface area contributed by atoms with Gasteiger partial charge in [-0.25, -0.2) is 18.2 Å². The molecule has 0 radical (unpaired) electrons. The molecule has 2 aromatic heterocycles. The average molecular weight is 607 g/mol. The third kappa shape index (κ3) is 6.64. The van der Waals surface area contributed by atoms with Gasteiger partial charge in [-0.15, -0.1) is 11.3 Å². The summed E-state index contributed by atoms with van der Waals surface area (Å²) in [5.41, 5.74) is 0.247. The SMILES string of the molecule is COc1ccc(N2C[C@@H](C)N(C(=O)OC(C)(C)C)[C@@H](C)C2)nc1NS(=O)(=O)c1ccc(-c2ccc(C)s2)cc1Cl. The lowest BCUT2D eigenvalue weighted by atomic mass is 10.1. The fourth-order valence-corrected chi connectivity index (χ4v) is 7.10. The number of hydrogen-bond acceptors (Lipinski definition) is 8. The molecular formula is C28H35ClN4O5S2. The lowest BCUT2D eigenvalue weighted by molar-refractivity contribution is 0.00560. The molecule has 0 aliphatic carbocycles. The number of benzene rings is 1. The zero-order valence-electron chi connectivity index (χ0n) is 23.7. The Morgan fingerprint density at radius 3 is 2.33 bits per heavy atom. The maximum absolute atomic E-state index is 13.4. The number of hydrogen-bond donors (Lipinski definition) is 1. The number of thiophene rings is 1. The third-order valence-electron chi connectivity index (χ3n) is 6.39. The fraction of sp³-hybridized carbons (Fsp3) is 0.429. The molecule has 4 rings (SSSR count). The number of pyridine rings is 1. The van der Waals surface area contributed by atoms with E-state index in [1.54, 1.807) is 40.5 Å². The summed E-state index contributed by atoms with van der Waals surface area (Å²) in [6.07, 6.45) is -0.361. The molecule has 1 saturated heterocycles. The van der Waals surface area contributed by atoms with E-state index in [2.05, 4.69) is 9.71 Å². The molecule has 0 spiro atoms. The van der Waals surface area contributed by atoms with Gasteiger partial charge in [0.1, 0.15) is 16.3 Å². The second kappa shape index (κ2) is 11.5. The average Bonchev–Trinajstić information content (AvgIpc) is 3.28. The van der Waals surface area contributed by atoms with Crippen molar-refractivity contribution in [1.29, 1.82) is 0 Å². The number of aryl methyl sites for hydroxylation is 1. The minimum Gasteiger partial charge on any atom is -0.493 e. The Hall–Kier alpha value is -3.02. The number of nitrogens with one attached hydrogen (secondary N) is 1. The lowest BCUT2D eigenvalue weighted by Crippen LogP contribution is -2.59. The van der Waals surface area contributed by atoms with Crippen LogP contribution in [-0.4, -0.2) is 62.3 Å². The Kier molecular flexibility index (Phi) is 8.58. The second-order valence-corrected chi connectivity index (χ2v) is 14.2. The molecule has 1 aromatic carbocycles. The topological polar surface area (TPSA) is 101 Å². The van der Waals surface area contributed by atoms with Crippen LogP contribution in [0.25, 0.3) is 10.4 Å². The maximum atomic E-state index is 13.4. The minimum atomic E-state index is -4.09. The van der Waals surface area contributed by atoms with E-state index < -0.39 is 15.6 Å². The number of methoxy groups -OCH3 is 1. The first kappa shape index (κ1) is 30.0. The van der Waals surface area contributed by atoms with Crippen molar-refractivity contribution in [3.8, 4) is 16.2 Å². The zero-order chi connectivity index (χ0) is 29.4. The molecule has 1 amide bonds. The first-order valence-corrected chi connectivity index (χ1v) is 15.6. The van der Waals surface area contributed by atoms with Gasteiger partial charge >= 0.3 is 6.09 Å². The summed E-state index contributed by atoms with van der Waals surface area (Å²) in [4.78, 5) is 23.2. The van der Waals surface area contributed by atoms with Gasteiger partial charge in [0.2, 0.25) is 0 Å². The molecule has 1 fully saturated rings. The third-order valence-corrected chi connectivity index (χ3v) is 9.26. The van der Waals surface area contributed by atoms with E-state index in [-0.39, 0.29) is 39.7 Å². The lowest BCUT2D eigenvalue weighted by Gasteiger charge is -2.45. The molecule has 12 heteroatoms. The van der Waals surface area contributed by atoms with Gasteiger partial charge in [-0.1, -0.05) is 17.7 Å². The smallest absolute Gasteiger partial charge is 0.410 e. The van der Waals surface area contributed by atoms with Gasteiger partial charge in [-0.05, 0) is 83.5 Å². The van der Waals surface area contributed by atoms with Gasteiger partial charge in [0.05, 0.1) is 24.2 Å². The number of ether oxygens (including phenoxy) is 2. The van der Waals surface area contributed by atoms with Crippen molar-refractivity contribution in [2.75, 3.05) is 29.8 Å². The number of halogens is 1. The van der Waals surface area contributed by atoms with Gasteiger partial charge in [0.25, 0.3) is 10.0 Å². The van der Waals surface area contributed by atoms with Crippen LogP contribution in [0.4, 0.5) is 16.4 Å². The molecular weight excluding hydrogens is 572 g/mol. The van der Waals surface area contributed by atoms with Crippen molar-refractivity contribution in [1.82, 2.24) is 9.88 Å². The van der Waals surface area contributed by atoms with Gasteiger partial charge in [0, 0.05) is 22.8 Å². The fourth-order valence-electron chi connectivity index (χ4n) is 4.68. The van der Waals surface area contributed by atoms with E-state index in [0.717, 1.165) is 15.3 Å². The predicted octanol–water partition coefficient (Wildman–Crippen LogP) is 6.42. The number of anilines is 2. The van der Waals surface area contributed by atoms with Gasteiger partial charge < -0.3 is 14.4 Å². The number of carbonyl (C=O) groups excluding carboxylic acids is 1. The highest BCUT2D eigenvalue weighted by molar-refractivity contribution is 7.92. The predicted molar refractivity (Wildman–Crippen MR) is 160 cm³/mol. The van der Waals surface area contributed by atoms with Gasteiger partial charge in [-0.3, -0.25) is 9.62 Å². The van der Waals surface area contributed by atoms with Crippen LogP contribution < -0.4 is 14.4 Å². The van der Waals surface area contributed by atoms with Crippen molar-refractivity contribution in [2.45, 2.75) is 64.1 Å². The van der Waals surface area contributed by atoms with Crippen LogP contribution in [0.5, 0.6) is 5.75 Å². The van der Waals surface area contributed by atoms with Crippen LogP contribution in [0.1, 0.15) is 39.5 Å². The number of amides is 1. The standard InChI is InChI=1S/C28H35ClN4O5S2/c1-17-15-32(16-18(2)33(17)27(34)38-28(4,5)6)25-13-10-22(37-7)26(30-25)31-40(35,36)24-12-9-20(14-21(24)29)23-11-8-19(3)39-23/h8-14,17-18H,15-16H2,1-7H3,(H,30,31)/t17-,18+. The number of piperazine rings is 1. The molecule has 3 aromatic rings. The van der Waals surface area contributed by atoms with Crippen LogP contribution in [0.3, 0.4) is 0 Å². The summed E-state index contributed by atoms with van der Waals surface area (Å²) in [6, 6.07) is 12.0. The summed E-state index contributed by atoms with van der Waals surface area (Å²) >= 11 is 8.06. The van der Waals surface area contributed by atoms with E-state index in [9.17, 15) is 13.2 Å². The quantitative estimate of drug-likeness (QED) is 0.346. The number of nitrogens with zero attached hydrogens (tertiary/aromatic N) is 3. The molecule has 2 atom stereocenters. The van der Waals surface area contributed by atoms with Crippen LogP contribution in [-0.2, 0) is 14.8 Å². The summed E-state index contributed by atoms with van der Waals surface area (Å²) in [5, 5.41) is 0.104. The van der Waals surface area contributed by atoms with Crippen molar-refractivity contribution in [2.24, 2.45) is 0 Å². The van der Waals surface area contributed by atoms with E-state index in [1.807, 2.05) is 58.6 Å². The number of rotatable bonds is 6. The van der Waals surface area contributed by atoms with E-state index in [4.69, 9.17) is 21.1 Å². The van der Waals surface area contributed by atoms with Crippen molar-refractivity contribution >= 4 is 50.7 Å². The minimum absolute atomic E-state index is 0.0453. The Morgan fingerprint density at radius 1 is 1.10 bits per heavy atom. The molecule has 0 saturated carbocycles. The molecule has 0 unspecified atom stereocenters. The van der Waals surface area contributed by atoms with E-state index in [1.165, 1.54) is 13.2 Å². The largest absolute Gasteiger partial charge is 0.493 e. The van der Waals surface area contributed by atoms with Crippen molar-refractivity contribution < 1.29 is 22.7 Å². The van der Waals surface area contributed by atoms with Crippen LogP contribution in [0, 0.1) is 6.92 Å². The van der Waals surface area contributed by atoms with E-state index in [0.29, 0.717) is 18.9 Å². The molecule has 1 N–H and O–H groups in total. The first-order valence-electron chi connectivity index (χ1n) is 12.9. The summed E-state index contributed by atoms with van der Waals surface area (Å²) in [6.45, 7) is 12.4. The Balaban J connectivity index is 1.57. The molecule has 3 heterocycles. The summed E-state index contributed by atoms with van der Waals surface area (Å²) in [5.74, 6) is 0.863. The zero-order valence-corrected chi connectivity index (χ0v) is 26.1. The van der Waals surface area contributed by atoms with Crippen LogP contribution in [0.15, 0.2) is 47.4 Å². The highest BCUT2D eigenvalue weighted by atomic mass is 35.5. The first-order chi connectivity index (χ1) is 18.7. The van der Waals surface area contributed by atoms with Crippen molar-refractivity contribution in [3.05, 3.63) is 52.4 Å². The number of sulfonamides is 1. The molecule has 1 aliphatic heterocycles. The van der Waals surface area contributed by atoms with Crippen LogP contribution in [0.2, 0.25) is 5.02 Å². The highest BCUT2D eigenvalue weighted by Gasteiger charge is 2.36. The molecule has 0 bridgehead atoms. The summed E-state index contributed by atoms with van der Waals surface area (Å²) < 4.78 is 40.4. The van der Waals surface area contributed by atoms with Gasteiger partial charge in [0.15, 0.2) is 11.6 Å². The maximum Gasteiger partial charge on any atom is 0.410 e. The van der Waals surface area contributed by atoms with Crippen LogP contribution >= 0.6 is 22.9 Å². The Morgan fingerprint density at radius 2 is 1.77 bits per heavy atom. The second-order valence-electron chi connectivity index (χ2n) is 10.9. The number of carbonyl (C=O) groups is 1. The van der Waals surface area contributed by atoms with E-state index >= 15 is 0 Å². The van der Waals surface area contributed by atoms with Gasteiger partial charge in [-0.2, -0.15) is 0 Å². The Bertz CT molecular complexity index is 1490. The summed E-state index contributed by atoms with van der Waals surface area (Å²) in [7, 11) is -2.64. The van der Waals surface area contributed by atoms with Crippen molar-refractivity contribution in [3.63, 3.8) is 0 Å². The Labute approximate surface area is 245 Å². The molecule has 216 valence electrons. The molecule has 1 aliphatic rings. The molecule has 9 nitrogen and oxygen atoms in total.